The average molecular weight is 325 g/mol. The molecule has 0 spiro atoms. The lowest BCUT2D eigenvalue weighted by Gasteiger charge is -2.20. The first-order valence-corrected chi connectivity index (χ1v) is 9.35. The molecule has 0 radical (unpaired) electrons. The van der Waals surface area contributed by atoms with Crippen LogP contribution in [-0.2, 0) is 14.6 Å². The van der Waals surface area contributed by atoms with Gasteiger partial charge in [-0.25, -0.2) is 8.42 Å². The lowest BCUT2D eigenvalue weighted by Crippen LogP contribution is -2.41. The molecule has 2 rings (SSSR count). The van der Waals surface area contributed by atoms with E-state index >= 15 is 0 Å². The normalized spacial score (nSPS) is 19.8. The highest BCUT2D eigenvalue weighted by molar-refractivity contribution is 7.91. The quantitative estimate of drug-likeness (QED) is 0.870. The van der Waals surface area contributed by atoms with E-state index in [0.717, 1.165) is 12.8 Å². The minimum absolute atomic E-state index is 0.00311. The topological polar surface area (TPSA) is 72.5 Å². The van der Waals surface area contributed by atoms with E-state index < -0.39 is 9.84 Å². The summed E-state index contributed by atoms with van der Waals surface area (Å²) in [7, 11) is -3.43. The number of rotatable bonds is 6. The summed E-state index contributed by atoms with van der Waals surface area (Å²) >= 11 is 0. The Morgan fingerprint density at radius 1 is 1.41 bits per heavy atom. The number of carbonyl (C=O) groups excluding carboxylic acids is 1. The summed E-state index contributed by atoms with van der Waals surface area (Å²) in [5, 5.41) is 2.86. The third kappa shape index (κ3) is 3.87. The first-order valence-electron chi connectivity index (χ1n) is 7.70. The number of sulfone groups is 1. The van der Waals surface area contributed by atoms with E-state index in [1.165, 1.54) is 6.07 Å². The van der Waals surface area contributed by atoms with Crippen LogP contribution in [0.15, 0.2) is 29.2 Å². The SMILES string of the molecule is CCCS(=O)(=O)c1ccccc1C(=O)N[C@H](C)[C@H]1CCCO1. The van der Waals surface area contributed by atoms with Gasteiger partial charge < -0.3 is 10.1 Å². The number of benzene rings is 1. The Morgan fingerprint density at radius 3 is 2.77 bits per heavy atom. The molecule has 1 saturated heterocycles. The molecule has 0 unspecified atom stereocenters. The Morgan fingerprint density at radius 2 is 2.14 bits per heavy atom. The minimum Gasteiger partial charge on any atom is -0.376 e. The van der Waals surface area contributed by atoms with E-state index in [1.807, 2.05) is 6.92 Å². The zero-order valence-corrected chi connectivity index (χ0v) is 13.9. The molecule has 0 aromatic heterocycles. The van der Waals surface area contributed by atoms with Crippen molar-refractivity contribution in [1.29, 1.82) is 0 Å². The van der Waals surface area contributed by atoms with E-state index in [-0.39, 0.29) is 34.3 Å². The van der Waals surface area contributed by atoms with Crippen LogP contribution in [0.25, 0.3) is 0 Å². The third-order valence-electron chi connectivity index (χ3n) is 3.82. The molecule has 1 fully saturated rings. The molecular formula is C16H23NO4S. The largest absolute Gasteiger partial charge is 0.376 e. The van der Waals surface area contributed by atoms with Crippen LogP contribution in [0.5, 0.6) is 0 Å². The number of hydrogen-bond donors (Lipinski definition) is 1. The van der Waals surface area contributed by atoms with Crippen LogP contribution >= 0.6 is 0 Å². The molecule has 0 saturated carbocycles. The zero-order valence-electron chi connectivity index (χ0n) is 13.0. The highest BCUT2D eigenvalue weighted by Crippen LogP contribution is 2.19. The Hall–Kier alpha value is -1.40. The molecule has 22 heavy (non-hydrogen) atoms. The first kappa shape index (κ1) is 17.0. The predicted molar refractivity (Wildman–Crippen MR) is 84.7 cm³/mol. The summed E-state index contributed by atoms with van der Waals surface area (Å²) in [4.78, 5) is 12.6. The van der Waals surface area contributed by atoms with Gasteiger partial charge in [-0.3, -0.25) is 4.79 Å². The van der Waals surface area contributed by atoms with Crippen LogP contribution in [0.2, 0.25) is 0 Å². The number of amides is 1. The molecule has 0 aliphatic carbocycles. The molecular weight excluding hydrogens is 302 g/mol. The van der Waals surface area contributed by atoms with Crippen molar-refractivity contribution in [3.05, 3.63) is 29.8 Å². The van der Waals surface area contributed by atoms with E-state index in [1.54, 1.807) is 25.1 Å². The van der Waals surface area contributed by atoms with Gasteiger partial charge in [0.25, 0.3) is 5.91 Å². The highest BCUT2D eigenvalue weighted by atomic mass is 32.2. The lowest BCUT2D eigenvalue weighted by atomic mass is 10.1. The maximum Gasteiger partial charge on any atom is 0.252 e. The molecule has 1 N–H and O–H groups in total. The molecule has 6 heteroatoms. The fourth-order valence-corrected chi connectivity index (χ4v) is 4.22. The zero-order chi connectivity index (χ0) is 16.2. The molecule has 1 aromatic carbocycles. The van der Waals surface area contributed by atoms with Crippen LogP contribution < -0.4 is 5.32 Å². The maximum atomic E-state index is 12.5. The molecule has 1 aromatic rings. The summed E-state index contributed by atoms with van der Waals surface area (Å²) in [5.41, 5.74) is 0.209. The summed E-state index contributed by atoms with van der Waals surface area (Å²) < 4.78 is 30.1. The summed E-state index contributed by atoms with van der Waals surface area (Å²) in [6, 6.07) is 6.23. The lowest BCUT2D eigenvalue weighted by molar-refractivity contribution is 0.0710. The Bertz CT molecular complexity index is 621. The van der Waals surface area contributed by atoms with Gasteiger partial charge in [0.1, 0.15) is 0 Å². The van der Waals surface area contributed by atoms with Gasteiger partial charge in [-0.05, 0) is 38.3 Å². The van der Waals surface area contributed by atoms with Crippen molar-refractivity contribution in [3.63, 3.8) is 0 Å². The van der Waals surface area contributed by atoms with Crippen molar-refractivity contribution in [2.24, 2.45) is 0 Å². The molecule has 1 aliphatic rings. The average Bonchev–Trinajstić information content (AvgIpc) is 3.01. The maximum absolute atomic E-state index is 12.5. The molecule has 122 valence electrons. The predicted octanol–water partition coefficient (Wildman–Crippen LogP) is 2.17. The summed E-state index contributed by atoms with van der Waals surface area (Å²) in [6.45, 7) is 4.41. The number of ether oxygens (including phenoxy) is 1. The second-order valence-corrected chi connectivity index (χ2v) is 7.71. The van der Waals surface area contributed by atoms with E-state index in [2.05, 4.69) is 5.32 Å². The number of carbonyl (C=O) groups is 1. The Kier molecular flexibility index (Phi) is 5.58. The highest BCUT2D eigenvalue weighted by Gasteiger charge is 2.26. The molecule has 1 heterocycles. The summed E-state index contributed by atoms with van der Waals surface area (Å²) in [6.07, 6.45) is 2.43. The first-order chi connectivity index (χ1) is 10.5. The summed E-state index contributed by atoms with van der Waals surface area (Å²) in [5.74, 6) is -0.322. The fourth-order valence-electron chi connectivity index (χ4n) is 2.68. The van der Waals surface area contributed by atoms with Crippen molar-refractivity contribution in [3.8, 4) is 0 Å². The Labute approximate surface area is 132 Å². The van der Waals surface area contributed by atoms with Gasteiger partial charge in [0.2, 0.25) is 0 Å². The van der Waals surface area contributed by atoms with E-state index in [0.29, 0.717) is 13.0 Å². The number of hydrogen-bond acceptors (Lipinski definition) is 4. The molecule has 2 atom stereocenters. The van der Waals surface area contributed by atoms with Crippen molar-refractivity contribution in [2.75, 3.05) is 12.4 Å². The van der Waals surface area contributed by atoms with E-state index in [9.17, 15) is 13.2 Å². The third-order valence-corrected chi connectivity index (χ3v) is 5.79. The minimum atomic E-state index is -3.43. The van der Waals surface area contributed by atoms with Crippen LogP contribution in [0.1, 0.15) is 43.5 Å². The van der Waals surface area contributed by atoms with Crippen molar-refractivity contribution >= 4 is 15.7 Å². The van der Waals surface area contributed by atoms with Gasteiger partial charge in [-0.2, -0.15) is 0 Å². The van der Waals surface area contributed by atoms with Crippen LogP contribution in [0, 0.1) is 0 Å². The monoisotopic (exact) mass is 325 g/mol. The van der Waals surface area contributed by atoms with E-state index in [4.69, 9.17) is 4.74 Å². The molecule has 0 bridgehead atoms. The standard InChI is InChI=1S/C16H23NO4S/c1-3-11-22(19,20)15-9-5-4-7-13(15)16(18)17-12(2)14-8-6-10-21-14/h4-5,7,9,12,14H,3,6,8,10-11H2,1-2H3,(H,17,18)/t12-,14-/m1/s1. The van der Waals surface area contributed by atoms with Gasteiger partial charge in [0.05, 0.1) is 28.4 Å². The molecule has 5 nitrogen and oxygen atoms in total. The van der Waals surface area contributed by atoms with Crippen molar-refractivity contribution in [2.45, 2.75) is 50.2 Å². The van der Waals surface area contributed by atoms with Gasteiger partial charge in [0, 0.05) is 6.61 Å². The van der Waals surface area contributed by atoms with Crippen molar-refractivity contribution < 1.29 is 17.9 Å². The van der Waals surface area contributed by atoms with Crippen molar-refractivity contribution in [1.82, 2.24) is 5.32 Å². The fraction of sp³-hybridized carbons (Fsp3) is 0.562. The molecule has 1 amide bonds. The second-order valence-electron chi connectivity index (χ2n) is 5.63. The van der Waals surface area contributed by atoms with Crippen LogP contribution in [0.4, 0.5) is 0 Å². The Balaban J connectivity index is 2.19. The van der Waals surface area contributed by atoms with Gasteiger partial charge in [-0.1, -0.05) is 19.1 Å². The number of nitrogens with one attached hydrogen (secondary N) is 1. The van der Waals surface area contributed by atoms with Gasteiger partial charge in [-0.15, -0.1) is 0 Å². The molecule has 1 aliphatic heterocycles. The second kappa shape index (κ2) is 7.24. The van der Waals surface area contributed by atoms with Gasteiger partial charge >= 0.3 is 0 Å². The van der Waals surface area contributed by atoms with Gasteiger partial charge in [0.15, 0.2) is 9.84 Å². The van der Waals surface area contributed by atoms with Crippen LogP contribution in [0.3, 0.4) is 0 Å². The smallest absolute Gasteiger partial charge is 0.252 e. The van der Waals surface area contributed by atoms with Crippen LogP contribution in [-0.4, -0.2) is 38.8 Å².